The highest BCUT2D eigenvalue weighted by atomic mass is 79.9. The van der Waals surface area contributed by atoms with Gasteiger partial charge in [0.2, 0.25) is 10.0 Å². The summed E-state index contributed by atoms with van der Waals surface area (Å²) in [4.78, 5) is 11.0. The van der Waals surface area contributed by atoms with Crippen LogP contribution in [0.15, 0.2) is 27.6 Å². The van der Waals surface area contributed by atoms with Crippen molar-refractivity contribution in [2.75, 3.05) is 26.2 Å². The predicted octanol–water partition coefficient (Wildman–Crippen LogP) is 1.13. The van der Waals surface area contributed by atoms with E-state index in [1.807, 2.05) is 0 Å². The molecule has 1 aromatic carbocycles. The maximum Gasteiger partial charge on any atom is 0.335 e. The summed E-state index contributed by atoms with van der Waals surface area (Å²) in [6.07, 6.45) is 0.754. The van der Waals surface area contributed by atoms with Crippen LogP contribution in [0.4, 0.5) is 0 Å². The van der Waals surface area contributed by atoms with Gasteiger partial charge in [-0.1, -0.05) is 0 Å². The Balaban J connectivity index is 2.36. The molecule has 6 nitrogen and oxygen atoms in total. The van der Waals surface area contributed by atoms with E-state index in [-0.39, 0.29) is 14.9 Å². The lowest BCUT2D eigenvalue weighted by Crippen LogP contribution is -2.34. The predicted molar refractivity (Wildman–Crippen MR) is 77.3 cm³/mol. The number of carboxylic acid groups (broad SMARTS) is 1. The highest BCUT2D eigenvalue weighted by Crippen LogP contribution is 2.26. The molecule has 0 radical (unpaired) electrons. The minimum Gasteiger partial charge on any atom is -0.478 e. The fraction of sp³-hybridized carbons (Fsp3) is 0.417. The van der Waals surface area contributed by atoms with Gasteiger partial charge in [0.15, 0.2) is 0 Å². The van der Waals surface area contributed by atoms with Gasteiger partial charge < -0.3 is 10.4 Å². The van der Waals surface area contributed by atoms with E-state index in [0.29, 0.717) is 19.6 Å². The molecule has 0 amide bonds. The van der Waals surface area contributed by atoms with Gasteiger partial charge in [-0.2, -0.15) is 4.31 Å². The molecule has 1 aromatic rings. The first-order valence-electron chi connectivity index (χ1n) is 6.16. The zero-order valence-electron chi connectivity index (χ0n) is 10.7. The van der Waals surface area contributed by atoms with Crippen molar-refractivity contribution in [1.29, 1.82) is 0 Å². The van der Waals surface area contributed by atoms with Crippen LogP contribution in [-0.2, 0) is 10.0 Å². The van der Waals surface area contributed by atoms with Crippen LogP contribution in [0.1, 0.15) is 16.8 Å². The van der Waals surface area contributed by atoms with Crippen molar-refractivity contribution in [3.8, 4) is 0 Å². The van der Waals surface area contributed by atoms with Crippen molar-refractivity contribution in [3.63, 3.8) is 0 Å². The number of nitrogens with zero attached hydrogens (tertiary/aromatic N) is 1. The zero-order chi connectivity index (χ0) is 14.8. The van der Waals surface area contributed by atoms with Gasteiger partial charge >= 0.3 is 5.97 Å². The summed E-state index contributed by atoms with van der Waals surface area (Å²) in [5, 5.41) is 12.0. The van der Waals surface area contributed by atoms with Crippen LogP contribution < -0.4 is 5.32 Å². The summed E-state index contributed by atoms with van der Waals surface area (Å²) in [5.74, 6) is -1.09. The van der Waals surface area contributed by atoms with E-state index in [0.717, 1.165) is 13.0 Å². The van der Waals surface area contributed by atoms with Gasteiger partial charge in [0.05, 0.1) is 10.5 Å². The Kier molecular flexibility index (Phi) is 4.79. The molecule has 2 rings (SSSR count). The maximum atomic E-state index is 12.6. The third-order valence-electron chi connectivity index (χ3n) is 3.10. The Morgan fingerprint density at radius 2 is 2.05 bits per heavy atom. The minimum atomic E-state index is -3.60. The van der Waals surface area contributed by atoms with Crippen LogP contribution in [0.2, 0.25) is 0 Å². The quantitative estimate of drug-likeness (QED) is 0.841. The molecule has 0 saturated carbocycles. The van der Waals surface area contributed by atoms with Crippen molar-refractivity contribution >= 4 is 31.9 Å². The average molecular weight is 363 g/mol. The highest BCUT2D eigenvalue weighted by molar-refractivity contribution is 9.10. The van der Waals surface area contributed by atoms with Gasteiger partial charge in [0.1, 0.15) is 0 Å². The van der Waals surface area contributed by atoms with E-state index in [2.05, 4.69) is 21.2 Å². The number of rotatable bonds is 3. The number of benzene rings is 1. The van der Waals surface area contributed by atoms with Gasteiger partial charge in [-0.25, -0.2) is 13.2 Å². The van der Waals surface area contributed by atoms with Crippen LogP contribution in [0.5, 0.6) is 0 Å². The molecule has 110 valence electrons. The Hall–Kier alpha value is -0.960. The molecule has 0 spiro atoms. The monoisotopic (exact) mass is 362 g/mol. The Morgan fingerprint density at radius 3 is 2.70 bits per heavy atom. The van der Waals surface area contributed by atoms with Gasteiger partial charge in [-0.05, 0) is 47.1 Å². The summed E-state index contributed by atoms with van der Waals surface area (Å²) in [6.45, 7) is 2.28. The summed E-state index contributed by atoms with van der Waals surface area (Å²) in [6, 6.07) is 3.95. The van der Waals surface area contributed by atoms with Crippen molar-refractivity contribution in [2.45, 2.75) is 11.3 Å². The molecule has 20 heavy (non-hydrogen) atoms. The number of carboxylic acids is 1. The molecule has 1 heterocycles. The van der Waals surface area contributed by atoms with E-state index in [9.17, 15) is 13.2 Å². The highest BCUT2D eigenvalue weighted by Gasteiger charge is 2.27. The lowest BCUT2D eigenvalue weighted by Gasteiger charge is -2.20. The molecule has 0 bridgehead atoms. The third kappa shape index (κ3) is 3.20. The van der Waals surface area contributed by atoms with E-state index in [1.54, 1.807) is 0 Å². The van der Waals surface area contributed by atoms with Crippen LogP contribution >= 0.6 is 15.9 Å². The van der Waals surface area contributed by atoms with Gasteiger partial charge in [-0.15, -0.1) is 0 Å². The summed E-state index contributed by atoms with van der Waals surface area (Å²) < 4.78 is 26.8. The first-order valence-corrected chi connectivity index (χ1v) is 8.40. The molecule has 8 heteroatoms. The van der Waals surface area contributed by atoms with Gasteiger partial charge in [0.25, 0.3) is 0 Å². The first-order chi connectivity index (χ1) is 9.43. The normalized spacial score (nSPS) is 17.6. The SMILES string of the molecule is O=C(O)c1ccc(S(=O)(=O)N2CCCNCC2)c(Br)c1. The smallest absolute Gasteiger partial charge is 0.335 e. The molecular weight excluding hydrogens is 348 g/mol. The van der Waals surface area contributed by atoms with E-state index < -0.39 is 16.0 Å². The topological polar surface area (TPSA) is 86.7 Å². The largest absolute Gasteiger partial charge is 0.478 e. The molecule has 2 N–H and O–H groups in total. The summed E-state index contributed by atoms with van der Waals surface area (Å²) in [5.41, 5.74) is 0.0494. The van der Waals surface area contributed by atoms with Crippen LogP contribution in [-0.4, -0.2) is 50.0 Å². The summed E-state index contributed by atoms with van der Waals surface area (Å²) >= 11 is 3.15. The minimum absolute atomic E-state index is 0.0494. The molecule has 1 aliphatic heterocycles. The fourth-order valence-electron chi connectivity index (χ4n) is 2.04. The Labute approximate surface area is 126 Å². The maximum absolute atomic E-state index is 12.6. The first kappa shape index (κ1) is 15.4. The molecule has 1 saturated heterocycles. The standard InChI is InChI=1S/C12H15BrN2O4S/c13-10-8-9(12(16)17)2-3-11(10)20(18,19)15-6-1-4-14-5-7-15/h2-3,8,14H,1,4-7H2,(H,16,17). The second-order valence-corrected chi connectivity index (χ2v) is 7.22. The zero-order valence-corrected chi connectivity index (χ0v) is 13.1. The Bertz CT molecular complexity index is 610. The van der Waals surface area contributed by atoms with Crippen molar-refractivity contribution < 1.29 is 18.3 Å². The molecule has 1 fully saturated rings. The van der Waals surface area contributed by atoms with E-state index >= 15 is 0 Å². The number of halogens is 1. The molecule has 1 aliphatic rings. The number of nitrogens with one attached hydrogen (secondary N) is 1. The van der Waals surface area contributed by atoms with Crippen LogP contribution in [0, 0.1) is 0 Å². The molecule has 0 unspecified atom stereocenters. The van der Waals surface area contributed by atoms with Crippen molar-refractivity contribution in [3.05, 3.63) is 28.2 Å². The van der Waals surface area contributed by atoms with E-state index in [1.165, 1.54) is 22.5 Å². The van der Waals surface area contributed by atoms with Crippen molar-refractivity contribution in [2.24, 2.45) is 0 Å². The van der Waals surface area contributed by atoms with Crippen LogP contribution in [0.25, 0.3) is 0 Å². The fourth-order valence-corrected chi connectivity index (χ4v) is 4.56. The van der Waals surface area contributed by atoms with Crippen LogP contribution in [0.3, 0.4) is 0 Å². The van der Waals surface area contributed by atoms with Gasteiger partial charge in [0, 0.05) is 24.1 Å². The van der Waals surface area contributed by atoms with Crippen molar-refractivity contribution in [1.82, 2.24) is 9.62 Å². The van der Waals surface area contributed by atoms with E-state index in [4.69, 9.17) is 5.11 Å². The Morgan fingerprint density at radius 1 is 1.30 bits per heavy atom. The molecular formula is C12H15BrN2O4S. The lowest BCUT2D eigenvalue weighted by molar-refractivity contribution is 0.0696. The molecule has 0 aromatic heterocycles. The summed E-state index contributed by atoms with van der Waals surface area (Å²) in [7, 11) is -3.60. The van der Waals surface area contributed by atoms with Gasteiger partial charge in [-0.3, -0.25) is 0 Å². The molecule has 0 atom stereocenters. The lowest BCUT2D eigenvalue weighted by atomic mass is 10.2. The molecule has 0 aliphatic carbocycles. The number of aromatic carboxylic acids is 1. The number of sulfonamides is 1. The number of hydrogen-bond acceptors (Lipinski definition) is 4. The number of hydrogen-bond donors (Lipinski definition) is 2. The second kappa shape index (κ2) is 6.21. The second-order valence-electron chi connectivity index (χ2n) is 4.46. The average Bonchev–Trinajstić information content (AvgIpc) is 2.67. The third-order valence-corrected chi connectivity index (χ3v) is 5.97. The number of carbonyl (C=O) groups is 1.